The number of rotatable bonds is 7. The van der Waals surface area contributed by atoms with Crippen LogP contribution in [0.15, 0.2) is 29.2 Å². The average molecular weight is 315 g/mol. The van der Waals surface area contributed by atoms with E-state index in [2.05, 4.69) is 4.72 Å². The van der Waals surface area contributed by atoms with Gasteiger partial charge in [-0.05, 0) is 36.6 Å². The van der Waals surface area contributed by atoms with Gasteiger partial charge in [0, 0.05) is 13.2 Å². The molecule has 1 aliphatic rings. The molecule has 1 aliphatic heterocycles. The Morgan fingerprint density at radius 2 is 2.10 bits per heavy atom. The lowest BCUT2D eigenvalue weighted by Gasteiger charge is -2.11. The Morgan fingerprint density at radius 3 is 2.67 bits per heavy atom. The van der Waals surface area contributed by atoms with E-state index in [0.29, 0.717) is 25.5 Å². The van der Waals surface area contributed by atoms with E-state index < -0.39 is 22.6 Å². The number of benzene rings is 1. The summed E-state index contributed by atoms with van der Waals surface area (Å²) in [5, 5.41) is 8.49. The van der Waals surface area contributed by atoms with Crippen LogP contribution >= 0.6 is 0 Å². The van der Waals surface area contributed by atoms with Crippen molar-refractivity contribution in [1.29, 1.82) is 0 Å². The number of carboxylic acids is 1. The highest BCUT2D eigenvalue weighted by molar-refractivity contribution is 7.89. The Hall–Kier alpha value is -1.64. The molecule has 1 aromatic carbocycles. The molecule has 0 aromatic heterocycles. The van der Waals surface area contributed by atoms with Crippen LogP contribution in [0.4, 0.5) is 0 Å². The van der Waals surface area contributed by atoms with Crippen molar-refractivity contribution in [1.82, 2.24) is 4.72 Å². The van der Waals surface area contributed by atoms with Crippen LogP contribution in [0.25, 0.3) is 0 Å². The Balaban J connectivity index is 1.94. The second-order valence-electron chi connectivity index (χ2n) is 4.74. The highest BCUT2D eigenvalue weighted by Gasteiger charge is 2.20. The first-order valence-electron chi connectivity index (χ1n) is 6.49. The molecule has 2 N–H and O–H groups in total. The van der Waals surface area contributed by atoms with Crippen LogP contribution in [0.2, 0.25) is 0 Å². The fourth-order valence-corrected chi connectivity index (χ4v) is 3.03. The number of aliphatic carboxylic acids is 1. The van der Waals surface area contributed by atoms with Crippen molar-refractivity contribution in [2.45, 2.75) is 11.3 Å². The van der Waals surface area contributed by atoms with Gasteiger partial charge >= 0.3 is 5.97 Å². The predicted molar refractivity (Wildman–Crippen MR) is 73.7 cm³/mol. The van der Waals surface area contributed by atoms with Gasteiger partial charge in [-0.2, -0.15) is 0 Å². The second kappa shape index (κ2) is 6.88. The summed E-state index contributed by atoms with van der Waals surface area (Å²) in [6.07, 6.45) is 0.852. The Kier molecular flexibility index (Phi) is 5.16. The number of hydrogen-bond acceptors (Lipinski definition) is 5. The van der Waals surface area contributed by atoms with Crippen molar-refractivity contribution in [2.75, 3.05) is 26.4 Å². The van der Waals surface area contributed by atoms with E-state index in [0.717, 1.165) is 6.42 Å². The van der Waals surface area contributed by atoms with Crippen LogP contribution in [0.5, 0.6) is 5.75 Å². The molecule has 2 rings (SSSR count). The SMILES string of the molecule is O=C(O)COc1ccc(S(=O)(=O)NCC2CCOC2)cc1. The van der Waals surface area contributed by atoms with Crippen molar-refractivity contribution in [3.05, 3.63) is 24.3 Å². The number of sulfonamides is 1. The summed E-state index contributed by atoms with van der Waals surface area (Å²) in [7, 11) is -3.57. The summed E-state index contributed by atoms with van der Waals surface area (Å²) in [5.41, 5.74) is 0. The van der Waals surface area contributed by atoms with Gasteiger partial charge in [0.15, 0.2) is 6.61 Å². The summed E-state index contributed by atoms with van der Waals surface area (Å²) in [4.78, 5) is 10.5. The minimum Gasteiger partial charge on any atom is -0.482 e. The average Bonchev–Trinajstić information content (AvgIpc) is 2.97. The summed E-state index contributed by atoms with van der Waals surface area (Å²) in [6, 6.07) is 5.61. The zero-order valence-corrected chi connectivity index (χ0v) is 12.1. The van der Waals surface area contributed by atoms with Gasteiger partial charge in [0.05, 0.1) is 11.5 Å². The molecular weight excluding hydrogens is 298 g/mol. The second-order valence-corrected chi connectivity index (χ2v) is 6.50. The minimum atomic E-state index is -3.57. The van der Waals surface area contributed by atoms with E-state index in [1.165, 1.54) is 24.3 Å². The van der Waals surface area contributed by atoms with Crippen molar-refractivity contribution in [2.24, 2.45) is 5.92 Å². The molecule has 1 aromatic rings. The third kappa shape index (κ3) is 4.69. The first-order chi connectivity index (χ1) is 9.97. The first-order valence-corrected chi connectivity index (χ1v) is 7.98. The van der Waals surface area contributed by atoms with E-state index in [4.69, 9.17) is 14.6 Å². The van der Waals surface area contributed by atoms with Gasteiger partial charge in [-0.15, -0.1) is 0 Å². The van der Waals surface area contributed by atoms with Crippen LogP contribution in [-0.2, 0) is 19.6 Å². The van der Waals surface area contributed by atoms with E-state index in [-0.39, 0.29) is 10.8 Å². The van der Waals surface area contributed by atoms with Gasteiger partial charge in [-0.1, -0.05) is 0 Å². The molecule has 0 bridgehead atoms. The number of ether oxygens (including phenoxy) is 2. The Labute approximate surface area is 122 Å². The van der Waals surface area contributed by atoms with Crippen molar-refractivity contribution in [3.8, 4) is 5.75 Å². The highest BCUT2D eigenvalue weighted by Crippen LogP contribution is 2.17. The molecule has 21 heavy (non-hydrogen) atoms. The summed E-state index contributed by atoms with van der Waals surface area (Å²) < 4.78 is 36.8. The van der Waals surface area contributed by atoms with Crippen molar-refractivity contribution >= 4 is 16.0 Å². The number of carboxylic acid groups (broad SMARTS) is 1. The van der Waals surface area contributed by atoms with E-state index >= 15 is 0 Å². The lowest BCUT2D eigenvalue weighted by atomic mass is 10.1. The molecular formula is C13H17NO6S. The van der Waals surface area contributed by atoms with Gasteiger partial charge in [0.2, 0.25) is 10.0 Å². The lowest BCUT2D eigenvalue weighted by molar-refractivity contribution is -0.139. The summed E-state index contributed by atoms with van der Waals surface area (Å²) >= 11 is 0. The van der Waals surface area contributed by atoms with E-state index in [1.54, 1.807) is 0 Å². The molecule has 0 aliphatic carbocycles. The van der Waals surface area contributed by atoms with Crippen molar-refractivity contribution in [3.63, 3.8) is 0 Å². The van der Waals surface area contributed by atoms with Gasteiger partial charge in [-0.25, -0.2) is 17.9 Å². The largest absolute Gasteiger partial charge is 0.482 e. The molecule has 0 spiro atoms. The van der Waals surface area contributed by atoms with Gasteiger partial charge in [-0.3, -0.25) is 0 Å². The first kappa shape index (κ1) is 15.7. The lowest BCUT2D eigenvalue weighted by Crippen LogP contribution is -2.29. The molecule has 1 fully saturated rings. The third-order valence-corrected chi connectivity index (χ3v) is 4.52. The molecule has 7 nitrogen and oxygen atoms in total. The maximum Gasteiger partial charge on any atom is 0.341 e. The molecule has 1 atom stereocenters. The van der Waals surface area contributed by atoms with Crippen LogP contribution in [-0.4, -0.2) is 45.9 Å². The minimum absolute atomic E-state index is 0.115. The predicted octanol–water partition coefficient (Wildman–Crippen LogP) is 0.465. The molecule has 0 saturated carbocycles. The highest BCUT2D eigenvalue weighted by atomic mass is 32.2. The van der Waals surface area contributed by atoms with Gasteiger partial charge in [0.25, 0.3) is 0 Å². The molecule has 1 unspecified atom stereocenters. The van der Waals surface area contributed by atoms with Gasteiger partial charge < -0.3 is 14.6 Å². The van der Waals surface area contributed by atoms with Crippen LogP contribution in [0, 0.1) is 5.92 Å². The quantitative estimate of drug-likeness (QED) is 0.758. The fraction of sp³-hybridized carbons (Fsp3) is 0.462. The third-order valence-electron chi connectivity index (χ3n) is 3.08. The Morgan fingerprint density at radius 1 is 1.38 bits per heavy atom. The normalized spacial score (nSPS) is 18.6. The van der Waals surface area contributed by atoms with Crippen molar-refractivity contribution < 1.29 is 27.8 Å². The standard InChI is InChI=1S/C13H17NO6S/c15-13(16)9-20-11-1-3-12(4-2-11)21(17,18)14-7-10-5-6-19-8-10/h1-4,10,14H,5-9H2,(H,15,16). The molecule has 116 valence electrons. The summed E-state index contributed by atoms with van der Waals surface area (Å²) in [6.45, 7) is 1.12. The van der Waals surface area contributed by atoms with Crippen LogP contribution in [0.3, 0.4) is 0 Å². The van der Waals surface area contributed by atoms with E-state index in [1.807, 2.05) is 0 Å². The fourth-order valence-electron chi connectivity index (χ4n) is 1.92. The summed E-state index contributed by atoms with van der Waals surface area (Å²) in [5.74, 6) is -0.578. The molecule has 0 amide bonds. The van der Waals surface area contributed by atoms with Crippen LogP contribution in [0.1, 0.15) is 6.42 Å². The molecule has 1 saturated heterocycles. The molecule has 0 radical (unpaired) electrons. The molecule has 1 heterocycles. The maximum atomic E-state index is 12.1. The zero-order chi connectivity index (χ0) is 15.3. The zero-order valence-electron chi connectivity index (χ0n) is 11.3. The maximum absolute atomic E-state index is 12.1. The van der Waals surface area contributed by atoms with Gasteiger partial charge in [0.1, 0.15) is 5.75 Å². The monoisotopic (exact) mass is 315 g/mol. The number of hydrogen-bond donors (Lipinski definition) is 2. The molecule has 8 heteroatoms. The topological polar surface area (TPSA) is 102 Å². The number of nitrogens with one attached hydrogen (secondary N) is 1. The van der Waals surface area contributed by atoms with Crippen LogP contribution < -0.4 is 9.46 Å². The smallest absolute Gasteiger partial charge is 0.341 e. The van der Waals surface area contributed by atoms with E-state index in [9.17, 15) is 13.2 Å². The Bertz CT molecular complexity index is 577. The number of carbonyl (C=O) groups is 1.